The highest BCUT2D eigenvalue weighted by Gasteiger charge is 2.14. The minimum absolute atomic E-state index is 0.0595. The van der Waals surface area contributed by atoms with Crippen LogP contribution in [0.2, 0.25) is 0 Å². The normalized spacial score (nSPS) is 12.9. The molecule has 1 atom stereocenters. The Bertz CT molecular complexity index is 518. The summed E-state index contributed by atoms with van der Waals surface area (Å²) in [7, 11) is 0. The van der Waals surface area contributed by atoms with Gasteiger partial charge in [0.1, 0.15) is 11.5 Å². The summed E-state index contributed by atoms with van der Waals surface area (Å²) < 4.78 is 0. The van der Waals surface area contributed by atoms with E-state index in [1.165, 1.54) is 0 Å². The molecule has 0 amide bonds. The number of aromatic amines is 1. The Morgan fingerprint density at radius 3 is 2.61 bits per heavy atom. The van der Waals surface area contributed by atoms with Gasteiger partial charge < -0.3 is 10.7 Å². The molecule has 0 aliphatic rings. The third kappa shape index (κ3) is 2.73. The molecule has 96 valence electrons. The van der Waals surface area contributed by atoms with Gasteiger partial charge in [0.2, 0.25) is 0 Å². The highest BCUT2D eigenvalue weighted by molar-refractivity contribution is 5.55. The summed E-state index contributed by atoms with van der Waals surface area (Å²) in [6.45, 7) is 6.23. The van der Waals surface area contributed by atoms with Gasteiger partial charge in [-0.05, 0) is 19.3 Å². The van der Waals surface area contributed by atoms with Crippen molar-refractivity contribution in [3.63, 3.8) is 0 Å². The van der Waals surface area contributed by atoms with Gasteiger partial charge in [-0.1, -0.05) is 13.8 Å². The van der Waals surface area contributed by atoms with Gasteiger partial charge >= 0.3 is 0 Å². The van der Waals surface area contributed by atoms with Crippen LogP contribution in [0.3, 0.4) is 0 Å². The van der Waals surface area contributed by atoms with Gasteiger partial charge in [-0.2, -0.15) is 0 Å². The average Bonchev–Trinajstić information content (AvgIpc) is 2.78. The van der Waals surface area contributed by atoms with E-state index in [1.807, 2.05) is 6.92 Å². The zero-order valence-corrected chi connectivity index (χ0v) is 11.0. The van der Waals surface area contributed by atoms with Gasteiger partial charge in [-0.25, -0.2) is 4.98 Å². The molecule has 0 bridgehead atoms. The predicted octanol–water partition coefficient (Wildman–Crippen LogP) is 2.22. The zero-order valence-electron chi connectivity index (χ0n) is 11.0. The lowest BCUT2D eigenvalue weighted by Gasteiger charge is -2.11. The molecule has 2 aromatic rings. The lowest BCUT2D eigenvalue weighted by Crippen LogP contribution is -2.14. The number of hydrogen-bond donors (Lipinski definition) is 2. The molecular formula is C13H19N5. The van der Waals surface area contributed by atoms with Crippen LogP contribution < -0.4 is 5.73 Å². The van der Waals surface area contributed by atoms with Gasteiger partial charge in [0, 0.05) is 12.4 Å². The molecule has 5 heteroatoms. The summed E-state index contributed by atoms with van der Waals surface area (Å²) in [5, 5.41) is 0. The first-order chi connectivity index (χ1) is 8.58. The number of nitrogens with zero attached hydrogens (tertiary/aromatic N) is 3. The average molecular weight is 245 g/mol. The summed E-state index contributed by atoms with van der Waals surface area (Å²) in [6.07, 6.45) is 6.04. The van der Waals surface area contributed by atoms with E-state index in [0.717, 1.165) is 29.3 Å². The molecule has 3 N–H and O–H groups in total. The van der Waals surface area contributed by atoms with Gasteiger partial charge in [0.15, 0.2) is 0 Å². The second-order valence-corrected chi connectivity index (χ2v) is 4.91. The van der Waals surface area contributed by atoms with E-state index in [1.54, 1.807) is 18.6 Å². The third-order valence-corrected chi connectivity index (χ3v) is 2.81. The maximum absolute atomic E-state index is 6.10. The van der Waals surface area contributed by atoms with Crippen molar-refractivity contribution in [2.45, 2.75) is 33.2 Å². The second-order valence-electron chi connectivity index (χ2n) is 4.91. The fourth-order valence-corrected chi connectivity index (χ4v) is 1.94. The van der Waals surface area contributed by atoms with Crippen molar-refractivity contribution < 1.29 is 0 Å². The Hall–Kier alpha value is -1.75. The first-order valence-corrected chi connectivity index (χ1v) is 6.16. The highest BCUT2D eigenvalue weighted by atomic mass is 15.0. The van der Waals surface area contributed by atoms with Crippen molar-refractivity contribution in [3.8, 4) is 11.4 Å². The van der Waals surface area contributed by atoms with E-state index in [9.17, 15) is 0 Å². The fraction of sp³-hybridized carbons (Fsp3) is 0.462. The smallest absolute Gasteiger partial charge is 0.123 e. The number of hydrogen-bond acceptors (Lipinski definition) is 4. The van der Waals surface area contributed by atoms with Crippen LogP contribution in [0.4, 0.5) is 0 Å². The summed E-state index contributed by atoms with van der Waals surface area (Å²) in [5.74, 6) is 1.36. The number of nitrogens with two attached hydrogens (primary N) is 1. The van der Waals surface area contributed by atoms with Crippen LogP contribution in [0, 0.1) is 12.8 Å². The minimum atomic E-state index is -0.0595. The molecule has 0 radical (unpaired) electrons. The van der Waals surface area contributed by atoms with Crippen LogP contribution in [0.25, 0.3) is 11.4 Å². The number of aromatic nitrogens is 4. The monoisotopic (exact) mass is 245 g/mol. The van der Waals surface area contributed by atoms with E-state index in [0.29, 0.717) is 5.92 Å². The topological polar surface area (TPSA) is 80.5 Å². The second kappa shape index (κ2) is 5.27. The molecule has 0 aromatic carbocycles. The van der Waals surface area contributed by atoms with Crippen LogP contribution in [-0.2, 0) is 0 Å². The summed E-state index contributed by atoms with van der Waals surface area (Å²) >= 11 is 0. The van der Waals surface area contributed by atoms with Crippen LogP contribution in [0.5, 0.6) is 0 Å². The standard InChI is InChI=1S/C13H19N5/c1-8(2)6-10(14)13-17-7-11(18-13)12-9(3)15-4-5-16-12/h4-5,7-8,10H,6,14H2,1-3H3,(H,17,18). The van der Waals surface area contributed by atoms with E-state index in [2.05, 4.69) is 33.8 Å². The van der Waals surface area contributed by atoms with Gasteiger partial charge in [-0.15, -0.1) is 0 Å². The molecule has 2 rings (SSSR count). The summed E-state index contributed by atoms with van der Waals surface area (Å²) in [6, 6.07) is -0.0595. The van der Waals surface area contributed by atoms with Crippen molar-refractivity contribution in [1.29, 1.82) is 0 Å². The molecule has 0 saturated heterocycles. The molecule has 18 heavy (non-hydrogen) atoms. The lowest BCUT2D eigenvalue weighted by molar-refractivity contribution is 0.496. The molecule has 0 fully saturated rings. The number of H-pyrrole nitrogens is 1. The quantitative estimate of drug-likeness (QED) is 0.865. The van der Waals surface area contributed by atoms with Gasteiger partial charge in [0.05, 0.1) is 23.6 Å². The molecule has 2 aromatic heterocycles. The van der Waals surface area contributed by atoms with Crippen LogP contribution >= 0.6 is 0 Å². The van der Waals surface area contributed by atoms with Crippen LogP contribution in [-0.4, -0.2) is 19.9 Å². The van der Waals surface area contributed by atoms with E-state index in [4.69, 9.17) is 5.73 Å². The highest BCUT2D eigenvalue weighted by Crippen LogP contribution is 2.21. The third-order valence-electron chi connectivity index (χ3n) is 2.81. The molecule has 0 spiro atoms. The van der Waals surface area contributed by atoms with E-state index in [-0.39, 0.29) is 6.04 Å². The fourth-order valence-electron chi connectivity index (χ4n) is 1.94. The SMILES string of the molecule is Cc1nccnc1-c1cnc(C(N)CC(C)C)[nH]1. The maximum atomic E-state index is 6.10. The largest absolute Gasteiger partial charge is 0.339 e. The number of aryl methyl sites for hydroxylation is 1. The minimum Gasteiger partial charge on any atom is -0.339 e. The van der Waals surface area contributed by atoms with Crippen LogP contribution in [0.15, 0.2) is 18.6 Å². The Kier molecular flexibility index (Phi) is 3.72. The van der Waals surface area contributed by atoms with Gasteiger partial charge in [-0.3, -0.25) is 9.97 Å². The molecule has 5 nitrogen and oxygen atoms in total. The first kappa shape index (κ1) is 12.7. The maximum Gasteiger partial charge on any atom is 0.123 e. The molecule has 1 unspecified atom stereocenters. The van der Waals surface area contributed by atoms with Gasteiger partial charge in [0.25, 0.3) is 0 Å². The van der Waals surface area contributed by atoms with E-state index >= 15 is 0 Å². The summed E-state index contributed by atoms with van der Waals surface area (Å²) in [4.78, 5) is 16.1. The van der Waals surface area contributed by atoms with Crippen molar-refractivity contribution in [3.05, 3.63) is 30.1 Å². The van der Waals surface area contributed by atoms with E-state index < -0.39 is 0 Å². The molecular weight excluding hydrogens is 226 g/mol. The van der Waals surface area contributed by atoms with Crippen molar-refractivity contribution in [2.24, 2.45) is 11.7 Å². The van der Waals surface area contributed by atoms with Crippen molar-refractivity contribution in [2.75, 3.05) is 0 Å². The first-order valence-electron chi connectivity index (χ1n) is 6.16. The Labute approximate surface area is 107 Å². The predicted molar refractivity (Wildman–Crippen MR) is 70.7 cm³/mol. The number of rotatable bonds is 4. The number of nitrogens with one attached hydrogen (secondary N) is 1. The Morgan fingerprint density at radius 2 is 1.94 bits per heavy atom. The van der Waals surface area contributed by atoms with Crippen molar-refractivity contribution in [1.82, 2.24) is 19.9 Å². The molecule has 2 heterocycles. The molecule has 0 saturated carbocycles. The molecule has 0 aliphatic heterocycles. The Morgan fingerprint density at radius 1 is 1.22 bits per heavy atom. The summed E-state index contributed by atoms with van der Waals surface area (Å²) in [5.41, 5.74) is 8.67. The van der Waals surface area contributed by atoms with Crippen LogP contribution in [0.1, 0.15) is 37.8 Å². The zero-order chi connectivity index (χ0) is 13.1. The lowest BCUT2D eigenvalue weighted by atomic mass is 10.0. The number of imidazole rings is 1. The van der Waals surface area contributed by atoms with Crippen molar-refractivity contribution >= 4 is 0 Å². The molecule has 0 aliphatic carbocycles. The Balaban J connectivity index is 2.23.